The Morgan fingerprint density at radius 1 is 1.06 bits per heavy atom. The van der Waals surface area contributed by atoms with Crippen molar-refractivity contribution in [1.82, 2.24) is 25.3 Å². The Bertz CT molecular complexity index is 1090. The number of carbonyl (C=O) groups excluding carboxylic acids is 1. The summed E-state index contributed by atoms with van der Waals surface area (Å²) in [5, 5.41) is 6.24. The van der Waals surface area contributed by atoms with Crippen LogP contribution in [0.2, 0.25) is 0 Å². The number of hydrogen-bond donors (Lipinski definition) is 2. The predicted molar refractivity (Wildman–Crippen MR) is 112 cm³/mol. The molecule has 2 unspecified atom stereocenters. The van der Waals surface area contributed by atoms with Crippen molar-refractivity contribution in [2.75, 3.05) is 5.32 Å². The zero-order chi connectivity index (χ0) is 22.8. The minimum atomic E-state index is -4.55. The fourth-order valence-electron chi connectivity index (χ4n) is 3.93. The summed E-state index contributed by atoms with van der Waals surface area (Å²) < 4.78 is 38.2. The highest BCUT2D eigenvalue weighted by atomic mass is 19.4. The Morgan fingerprint density at radius 2 is 1.81 bits per heavy atom. The summed E-state index contributed by atoms with van der Waals surface area (Å²) >= 11 is 0. The first-order valence-electron chi connectivity index (χ1n) is 10.1. The van der Waals surface area contributed by atoms with Gasteiger partial charge in [0.2, 0.25) is 0 Å². The number of anilines is 1. The summed E-state index contributed by atoms with van der Waals surface area (Å²) in [6, 6.07) is 8.52. The fourth-order valence-corrected chi connectivity index (χ4v) is 3.93. The quantitative estimate of drug-likeness (QED) is 0.618. The maximum Gasteiger partial charge on any atom is 0.434 e. The van der Waals surface area contributed by atoms with E-state index in [4.69, 9.17) is 0 Å². The lowest BCUT2D eigenvalue weighted by Crippen LogP contribution is -2.52. The Kier molecular flexibility index (Phi) is 5.77. The molecule has 7 nitrogen and oxygen atoms in total. The Morgan fingerprint density at radius 3 is 2.50 bits per heavy atom. The van der Waals surface area contributed by atoms with Gasteiger partial charge in [-0.15, -0.1) is 0 Å². The van der Waals surface area contributed by atoms with E-state index in [1.54, 1.807) is 36.7 Å². The van der Waals surface area contributed by atoms with Crippen LogP contribution in [-0.2, 0) is 6.18 Å². The molecule has 4 rings (SSSR count). The standard InChI is InChI=1S/C22H21F3N6O/c1-21(31-18-13-28-17(12-29-18)22(23,24)25)9-4-8-16(21)30-20(32)15-7-3-2-6-14(15)19-26-10-5-11-27-19/h2-3,5-7,10-13,16H,4,8-9H2,1H3,(H,29,31)(H,30,32). The van der Waals surface area contributed by atoms with Gasteiger partial charge < -0.3 is 10.6 Å². The molecular formula is C22H21F3N6O. The minimum absolute atomic E-state index is 0.222. The summed E-state index contributed by atoms with van der Waals surface area (Å²) in [5.74, 6) is 0.400. The first-order valence-corrected chi connectivity index (χ1v) is 10.1. The van der Waals surface area contributed by atoms with Gasteiger partial charge in [0.25, 0.3) is 5.91 Å². The summed E-state index contributed by atoms with van der Waals surface area (Å²) in [4.78, 5) is 28.9. The number of alkyl halides is 3. The number of rotatable bonds is 5. The summed E-state index contributed by atoms with van der Waals surface area (Å²) in [6.07, 6.45) is 2.70. The third-order valence-electron chi connectivity index (χ3n) is 5.60. The van der Waals surface area contributed by atoms with Crippen LogP contribution in [0.15, 0.2) is 55.1 Å². The molecular weight excluding hydrogens is 421 g/mol. The smallest absolute Gasteiger partial charge is 0.362 e. The lowest BCUT2D eigenvalue weighted by atomic mass is 9.94. The highest BCUT2D eigenvalue weighted by Crippen LogP contribution is 2.34. The van der Waals surface area contributed by atoms with E-state index >= 15 is 0 Å². The number of carbonyl (C=O) groups is 1. The topological polar surface area (TPSA) is 92.7 Å². The molecule has 0 bridgehead atoms. The van der Waals surface area contributed by atoms with Gasteiger partial charge in [-0.25, -0.2) is 19.9 Å². The molecule has 3 aromatic rings. The summed E-state index contributed by atoms with van der Waals surface area (Å²) in [5.41, 5.74) is -0.583. The molecule has 2 heterocycles. The van der Waals surface area contributed by atoms with E-state index in [0.717, 1.165) is 12.6 Å². The van der Waals surface area contributed by atoms with Crippen molar-refractivity contribution < 1.29 is 18.0 Å². The maximum absolute atomic E-state index is 13.1. The molecule has 2 N–H and O–H groups in total. The molecule has 1 aliphatic carbocycles. The highest BCUT2D eigenvalue weighted by Gasteiger charge is 2.40. The number of halogens is 3. The van der Waals surface area contributed by atoms with E-state index in [1.807, 2.05) is 13.0 Å². The van der Waals surface area contributed by atoms with Crippen LogP contribution >= 0.6 is 0 Å². The van der Waals surface area contributed by atoms with Crippen molar-refractivity contribution >= 4 is 11.7 Å². The second kappa shape index (κ2) is 8.52. The third-order valence-corrected chi connectivity index (χ3v) is 5.60. The monoisotopic (exact) mass is 442 g/mol. The molecule has 0 saturated heterocycles. The van der Waals surface area contributed by atoms with Crippen LogP contribution in [0.1, 0.15) is 42.2 Å². The number of nitrogens with zero attached hydrogens (tertiary/aromatic N) is 4. The normalized spacial score (nSPS) is 20.7. The second-order valence-corrected chi connectivity index (χ2v) is 7.86. The van der Waals surface area contributed by atoms with Gasteiger partial charge in [0, 0.05) is 18.0 Å². The van der Waals surface area contributed by atoms with Crippen molar-refractivity contribution in [2.24, 2.45) is 0 Å². The molecule has 0 aliphatic heterocycles. The third kappa shape index (κ3) is 4.53. The molecule has 0 spiro atoms. The van der Waals surface area contributed by atoms with Crippen LogP contribution in [0, 0.1) is 0 Å². The number of hydrogen-bond acceptors (Lipinski definition) is 6. The van der Waals surface area contributed by atoms with Gasteiger partial charge in [-0.05, 0) is 38.3 Å². The zero-order valence-corrected chi connectivity index (χ0v) is 17.2. The van der Waals surface area contributed by atoms with Crippen LogP contribution in [0.25, 0.3) is 11.4 Å². The molecule has 10 heteroatoms. The van der Waals surface area contributed by atoms with Crippen LogP contribution in [0.4, 0.5) is 19.0 Å². The molecule has 2 aromatic heterocycles. The highest BCUT2D eigenvalue weighted by molar-refractivity contribution is 6.00. The zero-order valence-electron chi connectivity index (χ0n) is 17.2. The van der Waals surface area contributed by atoms with Gasteiger partial charge in [-0.2, -0.15) is 13.2 Å². The van der Waals surface area contributed by atoms with Crippen molar-refractivity contribution in [2.45, 2.75) is 43.9 Å². The fraction of sp³-hybridized carbons (Fsp3) is 0.318. The van der Waals surface area contributed by atoms with Crippen LogP contribution in [-0.4, -0.2) is 37.4 Å². The number of amides is 1. The minimum Gasteiger partial charge on any atom is -0.362 e. The molecule has 166 valence electrons. The Hall–Kier alpha value is -3.56. The van der Waals surface area contributed by atoms with E-state index in [9.17, 15) is 18.0 Å². The molecule has 0 radical (unpaired) electrons. The number of nitrogens with one attached hydrogen (secondary N) is 2. The van der Waals surface area contributed by atoms with Gasteiger partial charge in [0.15, 0.2) is 11.5 Å². The molecule has 1 aromatic carbocycles. The van der Waals surface area contributed by atoms with E-state index < -0.39 is 17.4 Å². The average Bonchev–Trinajstić information content (AvgIpc) is 3.13. The van der Waals surface area contributed by atoms with Crippen LogP contribution in [0.3, 0.4) is 0 Å². The van der Waals surface area contributed by atoms with Gasteiger partial charge in [-0.1, -0.05) is 18.2 Å². The van der Waals surface area contributed by atoms with Crippen molar-refractivity contribution in [3.8, 4) is 11.4 Å². The van der Waals surface area contributed by atoms with Crippen LogP contribution < -0.4 is 10.6 Å². The summed E-state index contributed by atoms with van der Waals surface area (Å²) in [6.45, 7) is 1.91. The largest absolute Gasteiger partial charge is 0.434 e. The predicted octanol–water partition coefficient (Wildman–Crippen LogP) is 4.11. The van der Waals surface area contributed by atoms with Gasteiger partial charge in [0.1, 0.15) is 5.82 Å². The van der Waals surface area contributed by atoms with E-state index in [1.165, 1.54) is 0 Å². The van der Waals surface area contributed by atoms with Crippen LogP contribution in [0.5, 0.6) is 0 Å². The van der Waals surface area contributed by atoms with Crippen molar-refractivity contribution in [3.63, 3.8) is 0 Å². The SMILES string of the molecule is CC1(Nc2cnc(C(F)(F)F)cn2)CCCC1NC(=O)c1ccccc1-c1ncccn1. The molecule has 1 aliphatic rings. The molecule has 1 saturated carbocycles. The van der Waals surface area contributed by atoms with Crippen molar-refractivity contribution in [1.29, 1.82) is 0 Å². The van der Waals surface area contributed by atoms with Gasteiger partial charge in [-0.3, -0.25) is 4.79 Å². The Balaban J connectivity index is 1.52. The van der Waals surface area contributed by atoms with Gasteiger partial charge in [0.05, 0.1) is 29.5 Å². The maximum atomic E-state index is 13.1. The lowest BCUT2D eigenvalue weighted by Gasteiger charge is -2.34. The van der Waals surface area contributed by atoms with E-state index in [0.29, 0.717) is 36.0 Å². The first kappa shape index (κ1) is 21.7. The molecule has 32 heavy (non-hydrogen) atoms. The molecule has 1 fully saturated rings. The number of benzene rings is 1. The van der Waals surface area contributed by atoms with Crippen molar-refractivity contribution in [3.05, 3.63) is 66.4 Å². The molecule has 1 amide bonds. The number of aromatic nitrogens is 4. The van der Waals surface area contributed by atoms with E-state index in [-0.39, 0.29) is 17.8 Å². The Labute approximate surface area is 182 Å². The average molecular weight is 442 g/mol. The van der Waals surface area contributed by atoms with E-state index in [2.05, 4.69) is 30.6 Å². The van der Waals surface area contributed by atoms with Gasteiger partial charge >= 0.3 is 6.18 Å². The first-order chi connectivity index (χ1) is 15.3. The molecule has 2 atom stereocenters. The second-order valence-electron chi connectivity index (χ2n) is 7.86. The lowest BCUT2D eigenvalue weighted by molar-refractivity contribution is -0.141. The summed E-state index contributed by atoms with van der Waals surface area (Å²) in [7, 11) is 0.